The molecule has 4 rings (SSSR count). The number of amides is 3. The first-order chi connectivity index (χ1) is 15.4. The monoisotopic (exact) mass is 443 g/mol. The molecule has 2 atom stereocenters. The number of halogens is 1. The van der Waals surface area contributed by atoms with Crippen molar-refractivity contribution >= 4 is 29.5 Å². The third kappa shape index (κ3) is 4.59. The first-order valence-electron chi connectivity index (χ1n) is 10.2. The van der Waals surface area contributed by atoms with Crippen LogP contribution in [0.5, 0.6) is 0 Å². The van der Waals surface area contributed by atoms with Crippen molar-refractivity contribution in [2.24, 2.45) is 0 Å². The lowest BCUT2D eigenvalue weighted by molar-refractivity contribution is -0.123. The second-order valence-corrected chi connectivity index (χ2v) is 7.70. The van der Waals surface area contributed by atoms with Crippen LogP contribution < -0.4 is 20.4 Å². The molecule has 0 bridgehead atoms. The highest BCUT2D eigenvalue weighted by Gasteiger charge is 2.35. The van der Waals surface area contributed by atoms with Gasteiger partial charge in [0.25, 0.3) is 0 Å². The number of hydrogen-bond donors (Lipinski definition) is 2. The fraction of sp³-hybridized carbons (Fsp3) is 0.429. The van der Waals surface area contributed by atoms with E-state index in [9.17, 15) is 18.8 Å². The van der Waals surface area contributed by atoms with Crippen LogP contribution in [0.15, 0.2) is 30.0 Å². The van der Waals surface area contributed by atoms with Gasteiger partial charge in [-0.15, -0.1) is 0 Å². The second-order valence-electron chi connectivity index (χ2n) is 7.70. The fourth-order valence-electron chi connectivity index (χ4n) is 3.88. The number of carbonyl (C=O) groups excluding carboxylic acids is 3. The molecule has 1 aromatic rings. The van der Waals surface area contributed by atoms with Gasteiger partial charge in [0.05, 0.1) is 31.0 Å². The van der Waals surface area contributed by atoms with Crippen molar-refractivity contribution in [1.82, 2.24) is 10.6 Å². The number of piperidine rings is 1. The minimum Gasteiger partial charge on any atom is -0.447 e. The summed E-state index contributed by atoms with van der Waals surface area (Å²) in [4.78, 5) is 41.9. The molecule has 3 aliphatic heterocycles. The SMILES string of the molecule is [C-]#[N+]C=C1CCN(c2ccc(N3C[C@H](CNC(=O)C4COC(=O)N4)OC3=O)cc2F)CC1. The summed E-state index contributed by atoms with van der Waals surface area (Å²) in [6.07, 6.45) is 1.08. The quantitative estimate of drug-likeness (QED) is 0.673. The lowest BCUT2D eigenvalue weighted by Crippen LogP contribution is -2.45. The molecule has 0 radical (unpaired) electrons. The molecule has 10 nitrogen and oxygen atoms in total. The normalized spacial score (nSPS) is 22.7. The Morgan fingerprint density at radius 2 is 2.12 bits per heavy atom. The van der Waals surface area contributed by atoms with Crippen LogP contribution >= 0.6 is 0 Å². The van der Waals surface area contributed by atoms with E-state index in [1.807, 2.05) is 4.90 Å². The largest absolute Gasteiger partial charge is 0.447 e. The molecule has 0 spiro atoms. The number of nitrogens with one attached hydrogen (secondary N) is 2. The predicted molar refractivity (Wildman–Crippen MR) is 111 cm³/mol. The van der Waals surface area contributed by atoms with Crippen LogP contribution in [0.4, 0.5) is 25.4 Å². The zero-order chi connectivity index (χ0) is 22.7. The van der Waals surface area contributed by atoms with Gasteiger partial charge < -0.3 is 25.0 Å². The highest BCUT2D eigenvalue weighted by Crippen LogP contribution is 2.30. The highest BCUT2D eigenvalue weighted by atomic mass is 19.1. The maximum Gasteiger partial charge on any atom is 0.414 e. The Labute approximate surface area is 183 Å². The summed E-state index contributed by atoms with van der Waals surface area (Å²) in [5, 5.41) is 4.98. The van der Waals surface area contributed by atoms with Crippen LogP contribution in [-0.2, 0) is 14.3 Å². The van der Waals surface area contributed by atoms with E-state index in [0.29, 0.717) is 37.3 Å². The smallest absolute Gasteiger partial charge is 0.414 e. The molecule has 168 valence electrons. The molecule has 3 heterocycles. The third-order valence-electron chi connectivity index (χ3n) is 5.60. The van der Waals surface area contributed by atoms with E-state index < -0.39 is 36.1 Å². The van der Waals surface area contributed by atoms with E-state index in [-0.39, 0.29) is 19.7 Å². The topological polar surface area (TPSA) is 105 Å². The van der Waals surface area contributed by atoms with E-state index in [2.05, 4.69) is 20.2 Å². The van der Waals surface area contributed by atoms with Gasteiger partial charge in [-0.2, -0.15) is 0 Å². The maximum absolute atomic E-state index is 14.8. The highest BCUT2D eigenvalue weighted by molar-refractivity contribution is 5.90. The second kappa shape index (κ2) is 9.13. The van der Waals surface area contributed by atoms with Crippen molar-refractivity contribution in [2.45, 2.75) is 25.0 Å². The lowest BCUT2D eigenvalue weighted by atomic mass is 10.0. The Kier molecular flexibility index (Phi) is 6.11. The van der Waals surface area contributed by atoms with Crippen molar-refractivity contribution in [3.8, 4) is 0 Å². The molecule has 0 aromatic heterocycles. The molecular weight excluding hydrogens is 421 g/mol. The van der Waals surface area contributed by atoms with Crippen molar-refractivity contribution in [2.75, 3.05) is 42.6 Å². The number of hydrogen-bond acceptors (Lipinski definition) is 6. The predicted octanol–water partition coefficient (Wildman–Crippen LogP) is 1.78. The van der Waals surface area contributed by atoms with Gasteiger partial charge in [-0.05, 0) is 31.0 Å². The molecule has 3 aliphatic rings. The number of cyclic esters (lactones) is 2. The van der Waals surface area contributed by atoms with Crippen LogP contribution in [0.2, 0.25) is 0 Å². The number of anilines is 2. The van der Waals surface area contributed by atoms with Crippen molar-refractivity contribution < 1.29 is 28.2 Å². The minimum absolute atomic E-state index is 0.0545. The van der Waals surface area contributed by atoms with Crippen LogP contribution in [-0.4, -0.2) is 63.0 Å². The van der Waals surface area contributed by atoms with Gasteiger partial charge in [-0.1, -0.05) is 5.57 Å². The average Bonchev–Trinajstić information content (AvgIpc) is 3.38. The van der Waals surface area contributed by atoms with Gasteiger partial charge in [0.15, 0.2) is 6.20 Å². The lowest BCUT2D eigenvalue weighted by Gasteiger charge is -2.31. The number of carbonyl (C=O) groups is 3. The van der Waals surface area contributed by atoms with E-state index in [1.165, 1.54) is 17.2 Å². The van der Waals surface area contributed by atoms with Gasteiger partial charge in [-0.3, -0.25) is 9.69 Å². The van der Waals surface area contributed by atoms with Gasteiger partial charge in [0.2, 0.25) is 5.91 Å². The summed E-state index contributed by atoms with van der Waals surface area (Å²) >= 11 is 0. The van der Waals surface area contributed by atoms with Crippen LogP contribution in [0.1, 0.15) is 12.8 Å². The molecule has 1 unspecified atom stereocenters. The van der Waals surface area contributed by atoms with E-state index in [4.69, 9.17) is 11.3 Å². The Hall–Kier alpha value is -3.81. The molecule has 0 saturated carbocycles. The summed E-state index contributed by atoms with van der Waals surface area (Å²) in [7, 11) is 0. The summed E-state index contributed by atoms with van der Waals surface area (Å²) in [6.45, 7) is 8.31. The summed E-state index contributed by atoms with van der Waals surface area (Å²) in [6, 6.07) is 3.82. The van der Waals surface area contributed by atoms with Gasteiger partial charge in [-0.25, -0.2) is 18.8 Å². The Morgan fingerprint density at radius 3 is 2.78 bits per heavy atom. The zero-order valence-corrected chi connectivity index (χ0v) is 17.2. The van der Waals surface area contributed by atoms with E-state index >= 15 is 0 Å². The standard InChI is InChI=1S/C21H22FN5O5/c1-23-9-13-4-6-26(7-5-13)18-3-2-14(8-16(18)22)27-11-15(32-21(27)30)10-24-19(28)17-12-31-20(29)25-17/h2-3,8-9,15,17H,4-7,10-12H2,(H,24,28)(H,25,29)/t15-,17?/m0/s1. The van der Waals surface area contributed by atoms with E-state index in [1.54, 1.807) is 12.1 Å². The van der Waals surface area contributed by atoms with Gasteiger partial charge >= 0.3 is 12.2 Å². The minimum atomic E-state index is -0.778. The number of alkyl carbamates (subject to hydrolysis) is 1. The molecule has 3 amide bonds. The fourth-order valence-corrected chi connectivity index (χ4v) is 3.88. The van der Waals surface area contributed by atoms with Crippen molar-refractivity contribution in [1.29, 1.82) is 0 Å². The molecule has 32 heavy (non-hydrogen) atoms. The summed E-state index contributed by atoms with van der Waals surface area (Å²) in [5.74, 6) is -0.877. The number of benzene rings is 1. The molecular formula is C21H22FN5O5. The Bertz CT molecular complexity index is 997. The molecule has 1 aromatic carbocycles. The first kappa shape index (κ1) is 21.4. The Morgan fingerprint density at radius 1 is 1.34 bits per heavy atom. The molecule has 3 fully saturated rings. The summed E-state index contributed by atoms with van der Waals surface area (Å²) in [5.41, 5.74) is 1.88. The van der Waals surface area contributed by atoms with Gasteiger partial charge in [0.1, 0.15) is 24.6 Å². The average molecular weight is 443 g/mol. The zero-order valence-electron chi connectivity index (χ0n) is 17.2. The molecule has 2 N–H and O–H groups in total. The number of nitrogens with zero attached hydrogens (tertiary/aromatic N) is 3. The van der Waals surface area contributed by atoms with Crippen molar-refractivity contribution in [3.63, 3.8) is 0 Å². The maximum atomic E-state index is 14.8. The van der Waals surface area contributed by atoms with Crippen molar-refractivity contribution in [3.05, 3.63) is 47.2 Å². The molecule has 11 heteroatoms. The van der Waals surface area contributed by atoms with Crippen LogP contribution in [0.25, 0.3) is 4.85 Å². The number of rotatable bonds is 5. The van der Waals surface area contributed by atoms with Gasteiger partial charge in [0, 0.05) is 13.1 Å². The number of ether oxygens (including phenoxy) is 2. The van der Waals surface area contributed by atoms with Crippen LogP contribution in [0.3, 0.4) is 0 Å². The molecule has 3 saturated heterocycles. The summed E-state index contributed by atoms with van der Waals surface area (Å²) < 4.78 is 24.8. The first-order valence-corrected chi connectivity index (χ1v) is 10.2. The van der Waals surface area contributed by atoms with E-state index in [0.717, 1.165) is 5.57 Å². The Balaban J connectivity index is 1.34. The van der Waals surface area contributed by atoms with Crippen LogP contribution in [0, 0.1) is 12.4 Å². The third-order valence-corrected chi connectivity index (χ3v) is 5.60. The molecule has 0 aliphatic carbocycles.